The highest BCUT2D eigenvalue weighted by atomic mass is 32.2. The number of carboxylic acids is 1. The second-order valence-corrected chi connectivity index (χ2v) is 9.44. The van der Waals surface area contributed by atoms with E-state index in [0.29, 0.717) is 32.7 Å². The van der Waals surface area contributed by atoms with Crippen LogP contribution in [0.2, 0.25) is 0 Å². The summed E-state index contributed by atoms with van der Waals surface area (Å²) < 4.78 is 39.0. The zero-order chi connectivity index (χ0) is 25.6. The number of aromatic nitrogens is 1. The number of ether oxygens (including phenoxy) is 1. The van der Waals surface area contributed by atoms with E-state index in [9.17, 15) is 13.2 Å². The van der Waals surface area contributed by atoms with Crippen LogP contribution in [0, 0.1) is 5.92 Å². The number of fused-ring (bicyclic) bond motifs is 4. The standard InChI is InChI=1S/C19H14N2O4.C3H9NO3S.C2H6/c22-19(23)13-7-21(8-13)14-1-2-15-17(6-14)25-9-12-5-11-3-4-24-10-16(11)20-18(12)15;4-2-1-3-8(5,6)7;1-2/h1-6,10,13H,7-9H2;1-4H2,(H,5,6,7);1-2H3/p+1. The average molecular weight is 505 g/mol. The smallest absolute Gasteiger partial charge is 0.343 e. The number of carboxylic acid groups (broad SMARTS) is 1. The van der Waals surface area contributed by atoms with Gasteiger partial charge in [0.2, 0.25) is 0 Å². The van der Waals surface area contributed by atoms with Crippen molar-refractivity contribution in [2.24, 2.45) is 11.7 Å². The third-order valence-corrected chi connectivity index (χ3v) is 6.28. The second-order valence-electron chi connectivity index (χ2n) is 7.86. The molecule has 10 nitrogen and oxygen atoms in total. The molecule has 0 radical (unpaired) electrons. The van der Waals surface area contributed by atoms with Crippen LogP contribution in [0.15, 0.2) is 47.3 Å². The van der Waals surface area contributed by atoms with Crippen molar-refractivity contribution in [3.8, 4) is 17.0 Å². The average Bonchev–Trinajstić information content (AvgIpc) is 2.81. The normalized spacial score (nSPS) is 14.2. The number of nitrogens with zero attached hydrogens (tertiary/aromatic N) is 2. The lowest BCUT2D eigenvalue weighted by Gasteiger charge is -2.39. The summed E-state index contributed by atoms with van der Waals surface area (Å²) in [4.78, 5) is 17.8. The van der Waals surface area contributed by atoms with E-state index in [-0.39, 0.29) is 11.7 Å². The predicted octanol–water partition coefficient (Wildman–Crippen LogP) is 3.44. The lowest BCUT2D eigenvalue weighted by atomic mass is 9.97. The molecule has 1 saturated heterocycles. The molecule has 1 fully saturated rings. The Hall–Kier alpha value is -3.28. The molecule has 0 unspecified atom stereocenters. The topological polar surface area (TPSA) is 154 Å². The van der Waals surface area contributed by atoms with Crippen LogP contribution in [-0.2, 0) is 21.5 Å². The van der Waals surface area contributed by atoms with E-state index in [1.54, 1.807) is 12.5 Å². The van der Waals surface area contributed by atoms with Crippen molar-refractivity contribution in [1.29, 1.82) is 0 Å². The maximum Gasteiger partial charge on any atom is 0.343 e. The molecule has 0 spiro atoms. The van der Waals surface area contributed by atoms with Gasteiger partial charge < -0.3 is 20.5 Å². The Morgan fingerprint density at radius 3 is 2.63 bits per heavy atom. The third-order valence-electron chi connectivity index (χ3n) is 5.47. The van der Waals surface area contributed by atoms with E-state index in [0.717, 1.165) is 39.2 Å². The van der Waals surface area contributed by atoms with Gasteiger partial charge in [-0.05, 0) is 31.2 Å². The summed E-state index contributed by atoms with van der Waals surface area (Å²) in [6.07, 6.45) is 3.60. The van der Waals surface area contributed by atoms with Crippen molar-refractivity contribution in [2.75, 3.05) is 30.3 Å². The van der Waals surface area contributed by atoms with E-state index in [1.807, 2.05) is 43.0 Å². The summed E-state index contributed by atoms with van der Waals surface area (Å²) in [5, 5.41) is 10.0. The van der Waals surface area contributed by atoms with Crippen molar-refractivity contribution in [3.63, 3.8) is 0 Å². The predicted molar refractivity (Wildman–Crippen MR) is 133 cm³/mol. The Balaban J connectivity index is 0.000000295. The lowest BCUT2D eigenvalue weighted by Crippen LogP contribution is -2.50. The summed E-state index contributed by atoms with van der Waals surface area (Å²) >= 11 is 0. The second kappa shape index (κ2) is 11.4. The number of carbonyl (C=O) groups is 1. The molecule has 2 aliphatic heterocycles. The molecule has 0 bridgehead atoms. The van der Waals surface area contributed by atoms with Gasteiger partial charge in [0.25, 0.3) is 10.1 Å². The Morgan fingerprint density at radius 2 is 2.00 bits per heavy atom. The minimum atomic E-state index is -3.77. The van der Waals surface area contributed by atoms with Crippen LogP contribution in [0.3, 0.4) is 0 Å². The van der Waals surface area contributed by atoms with Gasteiger partial charge in [-0.2, -0.15) is 8.42 Å². The lowest BCUT2D eigenvalue weighted by molar-refractivity contribution is -0.142. The summed E-state index contributed by atoms with van der Waals surface area (Å²) in [6.45, 7) is 5.84. The fraction of sp³-hybridized carbons (Fsp3) is 0.375. The third kappa shape index (κ3) is 6.44. The molecule has 4 N–H and O–H groups in total. The molecule has 0 saturated carbocycles. The van der Waals surface area contributed by atoms with E-state index in [4.69, 9.17) is 29.5 Å². The summed E-state index contributed by atoms with van der Waals surface area (Å²) in [6, 6.07) is 9.94. The Labute approximate surface area is 204 Å². The van der Waals surface area contributed by atoms with E-state index >= 15 is 0 Å². The monoisotopic (exact) mass is 504 g/mol. The molecule has 0 atom stereocenters. The maximum absolute atomic E-state index is 11.0. The van der Waals surface area contributed by atoms with Crippen molar-refractivity contribution in [3.05, 3.63) is 48.4 Å². The summed E-state index contributed by atoms with van der Waals surface area (Å²) in [5.41, 5.74) is 9.66. The summed E-state index contributed by atoms with van der Waals surface area (Å²) in [5.74, 6) is -0.470. The van der Waals surface area contributed by atoms with Gasteiger partial charge in [-0.15, -0.1) is 0 Å². The van der Waals surface area contributed by atoms with Gasteiger partial charge in [0, 0.05) is 47.4 Å². The van der Waals surface area contributed by atoms with Crippen molar-refractivity contribution < 1.29 is 32.0 Å². The Kier molecular flexibility index (Phi) is 8.60. The quantitative estimate of drug-likeness (QED) is 0.348. The van der Waals surface area contributed by atoms with Crippen molar-refractivity contribution >= 4 is 32.7 Å². The first-order valence-electron chi connectivity index (χ1n) is 11.3. The van der Waals surface area contributed by atoms with Gasteiger partial charge in [-0.3, -0.25) is 9.35 Å². The zero-order valence-electron chi connectivity index (χ0n) is 19.7. The molecule has 188 valence electrons. The van der Waals surface area contributed by atoms with Gasteiger partial charge >= 0.3 is 18.5 Å². The fourth-order valence-electron chi connectivity index (χ4n) is 3.66. The van der Waals surface area contributed by atoms with Gasteiger partial charge in [0.1, 0.15) is 12.4 Å². The SMILES string of the molecule is CC.NCCCS(=O)(=O)O.O=C(O)C1CN(c2ccc3c(c2)OCc2cc4cc[o+]cc4nc2-3)C1. The number of nitrogens with two attached hydrogens (primary N) is 1. The first kappa shape index (κ1) is 26.3. The highest BCUT2D eigenvalue weighted by Crippen LogP contribution is 2.40. The highest BCUT2D eigenvalue weighted by Gasteiger charge is 2.33. The number of aliphatic carboxylic acids is 1. The molecule has 35 heavy (non-hydrogen) atoms. The number of anilines is 1. The molecule has 3 aromatic rings. The number of benzene rings is 1. The molecule has 0 amide bonds. The van der Waals surface area contributed by atoms with E-state index < -0.39 is 16.1 Å². The van der Waals surface area contributed by atoms with E-state index in [2.05, 4.69) is 6.07 Å². The van der Waals surface area contributed by atoms with Gasteiger partial charge in [-0.1, -0.05) is 13.8 Å². The number of rotatable bonds is 5. The van der Waals surface area contributed by atoms with Crippen LogP contribution in [-0.4, -0.2) is 54.4 Å². The van der Waals surface area contributed by atoms with E-state index in [1.165, 1.54) is 0 Å². The maximum atomic E-state index is 11.0. The van der Waals surface area contributed by atoms with Crippen LogP contribution in [0.5, 0.6) is 5.75 Å². The van der Waals surface area contributed by atoms with Gasteiger partial charge in [0.15, 0.2) is 5.52 Å². The molecule has 11 heteroatoms. The van der Waals surface area contributed by atoms with Crippen LogP contribution < -0.4 is 15.4 Å². The van der Waals surface area contributed by atoms with Crippen LogP contribution in [0.25, 0.3) is 22.2 Å². The summed E-state index contributed by atoms with van der Waals surface area (Å²) in [7, 11) is -3.77. The molecule has 2 aliphatic rings. The molecule has 4 heterocycles. The zero-order valence-corrected chi connectivity index (χ0v) is 20.5. The molecule has 0 aliphatic carbocycles. The largest absolute Gasteiger partial charge is 0.488 e. The number of pyridine rings is 1. The van der Waals surface area contributed by atoms with Crippen molar-refractivity contribution in [1.82, 2.24) is 4.98 Å². The highest BCUT2D eigenvalue weighted by molar-refractivity contribution is 7.85. The minimum Gasteiger partial charge on any atom is -0.488 e. The van der Waals surface area contributed by atoms with Crippen LogP contribution in [0.4, 0.5) is 5.69 Å². The van der Waals surface area contributed by atoms with Crippen LogP contribution in [0.1, 0.15) is 25.8 Å². The molecule has 1 aromatic carbocycles. The number of hydrogen-bond donors (Lipinski definition) is 3. The molecular weight excluding hydrogens is 474 g/mol. The van der Waals surface area contributed by atoms with Crippen molar-refractivity contribution in [2.45, 2.75) is 26.9 Å². The fourth-order valence-corrected chi connectivity index (χ4v) is 4.20. The minimum absolute atomic E-state index is 0.233. The Bertz CT molecular complexity index is 1290. The molecular formula is C24H30N3O7S+. The molecule has 2 aromatic heterocycles. The van der Waals surface area contributed by atoms with Gasteiger partial charge in [-0.25, -0.2) is 9.40 Å². The number of hydrogen-bond acceptors (Lipinski definition) is 7. The Morgan fingerprint density at radius 1 is 1.26 bits per heavy atom. The first-order chi connectivity index (χ1) is 16.7. The first-order valence-corrected chi connectivity index (χ1v) is 13.0. The van der Waals surface area contributed by atoms with Gasteiger partial charge in [0.05, 0.1) is 17.4 Å². The van der Waals surface area contributed by atoms with Crippen LogP contribution >= 0.6 is 0 Å². The molecule has 5 rings (SSSR count).